The SMILES string of the molecule is Cc1csc(NC(=O)C2(C(N)=S)CCCCCC2)n1. The predicted octanol–water partition coefficient (Wildman–Crippen LogP) is 3.02. The van der Waals surface area contributed by atoms with Crippen LogP contribution in [-0.2, 0) is 4.79 Å². The summed E-state index contributed by atoms with van der Waals surface area (Å²) in [7, 11) is 0. The number of carbonyl (C=O) groups is 1. The van der Waals surface area contributed by atoms with Crippen molar-refractivity contribution in [3.8, 4) is 0 Å². The zero-order valence-corrected chi connectivity index (χ0v) is 12.7. The molecule has 1 aliphatic carbocycles. The maximum absolute atomic E-state index is 12.6. The van der Waals surface area contributed by atoms with Crippen LogP contribution < -0.4 is 11.1 Å². The van der Waals surface area contributed by atoms with Gasteiger partial charge in [-0.25, -0.2) is 4.98 Å². The summed E-state index contributed by atoms with van der Waals surface area (Å²) in [6.45, 7) is 1.90. The van der Waals surface area contributed by atoms with Crippen LogP contribution >= 0.6 is 23.6 Å². The molecule has 6 heteroatoms. The van der Waals surface area contributed by atoms with Gasteiger partial charge in [0.1, 0.15) is 0 Å². The van der Waals surface area contributed by atoms with Crippen molar-refractivity contribution in [1.29, 1.82) is 0 Å². The number of rotatable bonds is 3. The smallest absolute Gasteiger partial charge is 0.239 e. The van der Waals surface area contributed by atoms with Gasteiger partial charge in [0.05, 0.1) is 16.1 Å². The Labute approximate surface area is 122 Å². The molecule has 1 amide bonds. The number of hydrogen-bond acceptors (Lipinski definition) is 4. The van der Waals surface area contributed by atoms with E-state index in [1.165, 1.54) is 11.3 Å². The average molecular weight is 297 g/mol. The molecular formula is C13H19N3OS2. The van der Waals surface area contributed by atoms with E-state index in [1.807, 2.05) is 12.3 Å². The fourth-order valence-electron chi connectivity index (χ4n) is 2.55. The zero-order chi connectivity index (χ0) is 13.9. The van der Waals surface area contributed by atoms with E-state index in [2.05, 4.69) is 10.3 Å². The van der Waals surface area contributed by atoms with Gasteiger partial charge in [-0.05, 0) is 19.8 Å². The van der Waals surface area contributed by atoms with Crippen molar-refractivity contribution >= 4 is 39.6 Å². The van der Waals surface area contributed by atoms with Crippen LogP contribution in [-0.4, -0.2) is 15.9 Å². The van der Waals surface area contributed by atoms with E-state index < -0.39 is 5.41 Å². The van der Waals surface area contributed by atoms with Gasteiger partial charge in [-0.1, -0.05) is 37.9 Å². The number of aromatic nitrogens is 1. The molecular weight excluding hydrogens is 278 g/mol. The van der Waals surface area contributed by atoms with Crippen molar-refractivity contribution in [3.63, 3.8) is 0 Å². The number of nitrogens with zero attached hydrogens (tertiary/aromatic N) is 1. The van der Waals surface area contributed by atoms with Crippen LogP contribution in [0.15, 0.2) is 5.38 Å². The van der Waals surface area contributed by atoms with Gasteiger partial charge in [0.15, 0.2) is 5.13 Å². The lowest BCUT2D eigenvalue weighted by molar-refractivity contribution is -0.122. The van der Waals surface area contributed by atoms with Crippen molar-refractivity contribution in [3.05, 3.63) is 11.1 Å². The fraction of sp³-hybridized carbons (Fsp3) is 0.615. The van der Waals surface area contributed by atoms with Crippen molar-refractivity contribution < 1.29 is 4.79 Å². The first kappa shape index (κ1) is 14.4. The van der Waals surface area contributed by atoms with Gasteiger partial charge in [-0.2, -0.15) is 0 Å². The van der Waals surface area contributed by atoms with Gasteiger partial charge in [-0.3, -0.25) is 4.79 Å². The van der Waals surface area contributed by atoms with Crippen LogP contribution in [0.25, 0.3) is 0 Å². The maximum Gasteiger partial charge on any atom is 0.239 e. The molecule has 0 radical (unpaired) electrons. The van der Waals surface area contributed by atoms with E-state index in [0.29, 0.717) is 10.1 Å². The molecule has 1 aromatic rings. The highest BCUT2D eigenvalue weighted by Gasteiger charge is 2.41. The maximum atomic E-state index is 12.6. The molecule has 3 N–H and O–H groups in total. The summed E-state index contributed by atoms with van der Waals surface area (Å²) >= 11 is 6.62. The Morgan fingerprint density at radius 1 is 1.42 bits per heavy atom. The minimum atomic E-state index is -0.689. The molecule has 0 saturated heterocycles. The highest BCUT2D eigenvalue weighted by atomic mass is 32.1. The zero-order valence-electron chi connectivity index (χ0n) is 11.1. The lowest BCUT2D eigenvalue weighted by Gasteiger charge is -2.29. The van der Waals surface area contributed by atoms with Gasteiger partial charge in [0, 0.05) is 5.38 Å². The molecule has 4 nitrogen and oxygen atoms in total. The van der Waals surface area contributed by atoms with Crippen LogP contribution in [0.2, 0.25) is 0 Å². The number of thiazole rings is 1. The predicted molar refractivity (Wildman–Crippen MR) is 82.4 cm³/mol. The van der Waals surface area contributed by atoms with Crippen molar-refractivity contribution in [2.45, 2.75) is 45.4 Å². The van der Waals surface area contributed by atoms with Crippen molar-refractivity contribution in [2.24, 2.45) is 11.1 Å². The quantitative estimate of drug-likeness (QED) is 0.665. The summed E-state index contributed by atoms with van der Waals surface area (Å²) in [5.74, 6) is -0.0868. The minimum absolute atomic E-state index is 0.0868. The minimum Gasteiger partial charge on any atom is -0.392 e. The van der Waals surface area contributed by atoms with Crippen LogP contribution in [0.4, 0.5) is 5.13 Å². The third-order valence-corrected chi connectivity index (χ3v) is 4.97. The molecule has 0 aromatic carbocycles. The van der Waals surface area contributed by atoms with E-state index in [4.69, 9.17) is 18.0 Å². The highest BCUT2D eigenvalue weighted by molar-refractivity contribution is 7.80. The lowest BCUT2D eigenvalue weighted by Crippen LogP contribution is -2.45. The summed E-state index contributed by atoms with van der Waals surface area (Å²) < 4.78 is 0. The molecule has 0 unspecified atom stereocenters. The summed E-state index contributed by atoms with van der Waals surface area (Å²) in [5.41, 5.74) is 6.10. The van der Waals surface area contributed by atoms with E-state index in [9.17, 15) is 4.79 Å². The van der Waals surface area contributed by atoms with Crippen LogP contribution in [0.5, 0.6) is 0 Å². The topological polar surface area (TPSA) is 68.0 Å². The standard InChI is InChI=1S/C13H19N3OS2/c1-9-8-19-12(15-9)16-11(17)13(10(14)18)6-4-2-3-5-7-13/h8H,2-7H2,1H3,(H2,14,18)(H,15,16,17). The third-order valence-electron chi connectivity index (χ3n) is 3.70. The highest BCUT2D eigenvalue weighted by Crippen LogP contribution is 2.37. The number of thiocarbonyl (C=S) groups is 1. The number of nitrogens with two attached hydrogens (primary N) is 1. The van der Waals surface area contributed by atoms with Crippen LogP contribution in [0.3, 0.4) is 0 Å². The largest absolute Gasteiger partial charge is 0.392 e. The normalized spacial score (nSPS) is 18.6. The van der Waals surface area contributed by atoms with Gasteiger partial charge in [-0.15, -0.1) is 11.3 Å². The molecule has 2 rings (SSSR count). The molecule has 1 fully saturated rings. The summed E-state index contributed by atoms with van der Waals surface area (Å²) in [6.07, 6.45) is 5.79. The number of nitrogens with one attached hydrogen (secondary N) is 1. The van der Waals surface area contributed by atoms with E-state index in [1.54, 1.807) is 0 Å². The molecule has 0 atom stereocenters. The molecule has 1 aliphatic rings. The average Bonchev–Trinajstić information content (AvgIpc) is 2.65. The first-order valence-electron chi connectivity index (χ1n) is 6.58. The third kappa shape index (κ3) is 3.12. The second-order valence-electron chi connectivity index (χ2n) is 5.11. The molecule has 0 bridgehead atoms. The molecule has 1 saturated carbocycles. The Morgan fingerprint density at radius 2 is 2.05 bits per heavy atom. The van der Waals surface area contributed by atoms with Crippen molar-refractivity contribution in [1.82, 2.24) is 4.98 Å². The molecule has 1 heterocycles. The van der Waals surface area contributed by atoms with Gasteiger partial charge >= 0.3 is 0 Å². The Balaban J connectivity index is 2.18. The molecule has 19 heavy (non-hydrogen) atoms. The molecule has 0 spiro atoms. The second-order valence-corrected chi connectivity index (χ2v) is 6.41. The number of aryl methyl sites for hydroxylation is 1. The lowest BCUT2D eigenvalue weighted by atomic mass is 9.79. The Bertz CT molecular complexity index is 476. The number of anilines is 1. The summed E-state index contributed by atoms with van der Waals surface area (Å²) in [4.78, 5) is 17.2. The number of hydrogen-bond donors (Lipinski definition) is 2. The van der Waals surface area contributed by atoms with E-state index >= 15 is 0 Å². The number of carbonyl (C=O) groups excluding carboxylic acids is 1. The van der Waals surface area contributed by atoms with Crippen LogP contribution in [0, 0.1) is 12.3 Å². The van der Waals surface area contributed by atoms with E-state index in [0.717, 1.165) is 44.2 Å². The second kappa shape index (κ2) is 5.96. The Hall–Kier alpha value is -1.01. The number of amides is 1. The van der Waals surface area contributed by atoms with Gasteiger partial charge < -0.3 is 11.1 Å². The summed E-state index contributed by atoms with van der Waals surface area (Å²) in [5, 5.41) is 5.42. The Morgan fingerprint density at radius 3 is 2.53 bits per heavy atom. The first-order valence-corrected chi connectivity index (χ1v) is 7.87. The first-order chi connectivity index (χ1) is 9.04. The van der Waals surface area contributed by atoms with Crippen molar-refractivity contribution in [2.75, 3.05) is 5.32 Å². The summed E-state index contributed by atoms with van der Waals surface area (Å²) in [6, 6.07) is 0. The van der Waals surface area contributed by atoms with Gasteiger partial charge in [0.2, 0.25) is 5.91 Å². The molecule has 104 valence electrons. The molecule has 0 aliphatic heterocycles. The Kier molecular flexibility index (Phi) is 4.52. The molecule has 1 aromatic heterocycles. The monoisotopic (exact) mass is 297 g/mol. The van der Waals surface area contributed by atoms with Crippen LogP contribution in [0.1, 0.15) is 44.2 Å². The van der Waals surface area contributed by atoms with Gasteiger partial charge in [0.25, 0.3) is 0 Å². The fourth-order valence-corrected chi connectivity index (χ4v) is 3.53. The van der Waals surface area contributed by atoms with E-state index in [-0.39, 0.29) is 5.91 Å².